The largest absolute Gasteiger partial charge is 0.396 e. The lowest BCUT2D eigenvalue weighted by atomic mass is 9.93. The zero-order valence-electron chi connectivity index (χ0n) is 23.2. The van der Waals surface area contributed by atoms with E-state index in [0.29, 0.717) is 5.69 Å². The van der Waals surface area contributed by atoms with Crippen molar-refractivity contribution in [1.29, 1.82) is 0 Å². The molecule has 238 valence electrons. The van der Waals surface area contributed by atoms with Crippen molar-refractivity contribution in [3.8, 4) is 0 Å². The minimum Gasteiger partial charge on any atom is -0.396 e. The van der Waals surface area contributed by atoms with Gasteiger partial charge in [0.05, 0.1) is 18.3 Å². The molecule has 1 fully saturated rings. The highest BCUT2D eigenvalue weighted by Gasteiger charge is 2.43. The van der Waals surface area contributed by atoms with Crippen LogP contribution in [-0.4, -0.2) is 81.0 Å². The van der Waals surface area contributed by atoms with Crippen LogP contribution in [0, 0.1) is 0 Å². The molecule has 0 radical (unpaired) electrons. The normalized spacial score (nSPS) is 20.9. The van der Waals surface area contributed by atoms with E-state index in [1.54, 1.807) is 6.20 Å². The molecule has 8 atom stereocenters. The first-order valence-corrected chi connectivity index (χ1v) is 14.7. The van der Waals surface area contributed by atoms with Crippen molar-refractivity contribution in [3.05, 3.63) is 80.4 Å². The maximum Gasteiger partial charge on any atom is 0.333 e. The van der Waals surface area contributed by atoms with Gasteiger partial charge in [-0.1, -0.05) is 12.2 Å². The fourth-order valence-electron chi connectivity index (χ4n) is 4.23. The lowest BCUT2D eigenvalue weighted by Crippen LogP contribution is -2.43. The van der Waals surface area contributed by atoms with E-state index < -0.39 is 35.8 Å². The van der Waals surface area contributed by atoms with Gasteiger partial charge in [-0.15, -0.1) is 0 Å². The van der Waals surface area contributed by atoms with E-state index in [1.807, 2.05) is 12.1 Å². The first kappa shape index (κ1) is 40.7. The number of hydrogen-bond donors (Lipinski definition) is 7. The van der Waals surface area contributed by atoms with Crippen molar-refractivity contribution in [1.82, 2.24) is 14.1 Å². The summed E-state index contributed by atoms with van der Waals surface area (Å²) < 4.78 is 11.8. The highest BCUT2D eigenvalue weighted by Crippen LogP contribution is 2.30. The Labute approximate surface area is 252 Å². The molecule has 1 aliphatic heterocycles. The summed E-state index contributed by atoms with van der Waals surface area (Å²) in [5, 5.41) is 29.6. The van der Waals surface area contributed by atoms with Crippen molar-refractivity contribution in [2.75, 3.05) is 13.7 Å². The SMILES string of the molecule is CC1=CCCC=C1c1ccnc(Cn2c(=O)ccn(C3OC(CCO)C(O)C3O)c2=O)c1.COPO.OP.OP.OP. The molecule has 1 saturated heterocycles. The third-order valence-electron chi connectivity index (χ3n) is 6.05. The van der Waals surface area contributed by atoms with Crippen LogP contribution in [0.25, 0.3) is 5.57 Å². The molecule has 14 nitrogen and oxygen atoms in total. The molecule has 2 aromatic rings. The number of aliphatic hydroxyl groups is 3. The van der Waals surface area contributed by atoms with E-state index in [2.05, 4.69) is 28.6 Å². The first-order valence-electron chi connectivity index (χ1n) is 12.3. The van der Waals surface area contributed by atoms with Crippen LogP contribution in [0.5, 0.6) is 0 Å². The summed E-state index contributed by atoms with van der Waals surface area (Å²) in [5.74, 6) is 0. The van der Waals surface area contributed by atoms with Crippen LogP contribution in [0.4, 0.5) is 0 Å². The average Bonchev–Trinajstić information content (AvgIpc) is 3.31. The molecule has 0 amide bonds. The number of allylic oxidation sites excluding steroid dienone is 4. The predicted molar refractivity (Wildman–Crippen MR) is 170 cm³/mol. The quantitative estimate of drug-likeness (QED) is 0.194. The summed E-state index contributed by atoms with van der Waals surface area (Å²) in [7, 11) is 5.33. The Hall–Kier alpha value is -1.33. The van der Waals surface area contributed by atoms with Gasteiger partial charge in [0.15, 0.2) is 15.3 Å². The molecule has 0 aromatic carbocycles. The van der Waals surface area contributed by atoms with Crippen LogP contribution >= 0.6 is 37.4 Å². The first-order chi connectivity index (χ1) is 20.3. The second kappa shape index (κ2) is 23.1. The third kappa shape index (κ3) is 11.6. The Morgan fingerprint density at radius 1 is 1.07 bits per heavy atom. The van der Waals surface area contributed by atoms with Gasteiger partial charge in [-0.05, 0) is 83.4 Å². The van der Waals surface area contributed by atoms with Crippen LogP contribution < -0.4 is 11.2 Å². The van der Waals surface area contributed by atoms with Crippen molar-refractivity contribution in [3.63, 3.8) is 0 Å². The van der Waals surface area contributed by atoms with Crippen LogP contribution in [-0.2, 0) is 15.8 Å². The van der Waals surface area contributed by atoms with Gasteiger partial charge < -0.3 is 44.2 Å². The zero-order chi connectivity index (χ0) is 32.2. The fourth-order valence-corrected chi connectivity index (χ4v) is 4.23. The van der Waals surface area contributed by atoms with Gasteiger partial charge in [0, 0.05) is 32.2 Å². The molecule has 2 aromatic heterocycles. The van der Waals surface area contributed by atoms with Gasteiger partial charge in [-0.2, -0.15) is 0 Å². The average molecular weight is 671 g/mol. The Bertz CT molecular complexity index is 1220. The number of aliphatic hydroxyl groups excluding tert-OH is 3. The highest BCUT2D eigenvalue weighted by atomic mass is 31.1. The summed E-state index contributed by atoms with van der Waals surface area (Å²) in [6.45, 7) is 1.77. The van der Waals surface area contributed by atoms with Crippen LogP contribution in [0.3, 0.4) is 0 Å². The summed E-state index contributed by atoms with van der Waals surface area (Å²) in [6.07, 6.45) is 4.73. The molecular formula is C24H41N3O11P4. The van der Waals surface area contributed by atoms with Crippen LogP contribution in [0.1, 0.15) is 43.7 Å². The minimum absolute atomic E-state index is 0.0478. The maximum absolute atomic E-state index is 13.1. The Kier molecular flexibility index (Phi) is 22.4. The molecule has 3 heterocycles. The van der Waals surface area contributed by atoms with Crippen molar-refractivity contribution in [2.24, 2.45) is 0 Å². The van der Waals surface area contributed by atoms with Crippen molar-refractivity contribution >= 4 is 43.0 Å². The Morgan fingerprint density at radius 3 is 2.26 bits per heavy atom. The number of ether oxygens (including phenoxy) is 1. The van der Waals surface area contributed by atoms with Gasteiger partial charge in [0.25, 0.3) is 5.56 Å². The van der Waals surface area contributed by atoms with Crippen LogP contribution in [0.15, 0.2) is 57.9 Å². The molecule has 0 bridgehead atoms. The lowest BCUT2D eigenvalue weighted by molar-refractivity contribution is -0.0458. The summed E-state index contributed by atoms with van der Waals surface area (Å²) in [5.41, 5.74) is 2.62. The number of pyridine rings is 1. The van der Waals surface area contributed by atoms with E-state index in [0.717, 1.165) is 33.1 Å². The van der Waals surface area contributed by atoms with Gasteiger partial charge >= 0.3 is 5.69 Å². The fraction of sp³-hybridized carbons (Fsp3) is 0.458. The number of nitrogens with zero attached hydrogens (tertiary/aromatic N) is 3. The smallest absolute Gasteiger partial charge is 0.333 e. The van der Waals surface area contributed by atoms with Gasteiger partial charge in [-0.3, -0.25) is 18.9 Å². The van der Waals surface area contributed by atoms with Gasteiger partial charge in [-0.25, -0.2) is 4.79 Å². The number of hydrogen-bond acceptors (Lipinski definition) is 12. The maximum atomic E-state index is 13.1. The van der Waals surface area contributed by atoms with Crippen LogP contribution in [0.2, 0.25) is 0 Å². The molecule has 2 aliphatic rings. The number of aromatic nitrogens is 3. The molecule has 0 saturated carbocycles. The van der Waals surface area contributed by atoms with Gasteiger partial charge in [0.2, 0.25) is 0 Å². The Balaban J connectivity index is 0.00000150. The third-order valence-corrected chi connectivity index (χ3v) is 6.23. The van der Waals surface area contributed by atoms with E-state index in [1.165, 1.54) is 53.3 Å². The topological polar surface area (TPSA) is 217 Å². The van der Waals surface area contributed by atoms with E-state index in [9.17, 15) is 19.8 Å². The van der Waals surface area contributed by atoms with Crippen molar-refractivity contribution in [2.45, 2.75) is 57.3 Å². The molecular weight excluding hydrogens is 630 g/mol. The molecule has 18 heteroatoms. The number of rotatable bonds is 7. The Morgan fingerprint density at radius 2 is 1.69 bits per heavy atom. The summed E-state index contributed by atoms with van der Waals surface area (Å²) in [6, 6.07) is 4.97. The molecule has 4 rings (SSSR count). The monoisotopic (exact) mass is 671 g/mol. The highest BCUT2D eigenvalue weighted by molar-refractivity contribution is 7.24. The summed E-state index contributed by atoms with van der Waals surface area (Å²) in [4.78, 5) is 58.3. The summed E-state index contributed by atoms with van der Waals surface area (Å²) >= 11 is 0. The standard InChI is InChI=1S/C23H27N3O6.CH5O2P.3H3OP/c1-14-4-2-3-5-17(14)15-6-9-24-16(12-15)13-26-19(28)7-10-25(23(26)31)22-21(30)20(29)18(32-22)8-11-27;1-3-4-2;3*1-2/h4-7,9-10,12,18,20-22,27,29-30H,2-3,8,11,13H2,1H3;2,4H,1H3;3*1H,2H2. The van der Waals surface area contributed by atoms with Crippen molar-refractivity contribution < 1.29 is 44.2 Å². The molecule has 7 N–H and O–H groups in total. The lowest BCUT2D eigenvalue weighted by Gasteiger charge is -2.19. The second-order valence-electron chi connectivity index (χ2n) is 8.40. The van der Waals surface area contributed by atoms with E-state index >= 15 is 0 Å². The zero-order valence-corrected chi connectivity index (χ0v) is 27.7. The van der Waals surface area contributed by atoms with Gasteiger partial charge in [0.1, 0.15) is 12.2 Å². The molecule has 0 spiro atoms. The van der Waals surface area contributed by atoms with E-state index in [-0.39, 0.29) is 28.6 Å². The molecule has 8 unspecified atom stereocenters. The molecule has 1 aliphatic carbocycles. The van der Waals surface area contributed by atoms with E-state index in [4.69, 9.17) is 29.4 Å². The predicted octanol–water partition coefficient (Wildman–Crippen LogP) is 0.0184. The second-order valence-corrected chi connectivity index (χ2v) is 8.99. The minimum atomic E-state index is -1.37. The molecule has 42 heavy (non-hydrogen) atoms.